The Labute approximate surface area is 121 Å². The molecule has 0 aromatic heterocycles. The van der Waals surface area contributed by atoms with E-state index in [-0.39, 0.29) is 11.4 Å². The van der Waals surface area contributed by atoms with Gasteiger partial charge in [-0.25, -0.2) is 4.39 Å². The van der Waals surface area contributed by atoms with Crippen molar-refractivity contribution in [3.63, 3.8) is 0 Å². The topological polar surface area (TPSA) is 21.3 Å². The second kappa shape index (κ2) is 6.68. The van der Waals surface area contributed by atoms with E-state index in [1.54, 1.807) is 12.1 Å². The highest BCUT2D eigenvalue weighted by Gasteiger charge is 2.32. The summed E-state index contributed by atoms with van der Waals surface area (Å²) in [5.74, 6) is 0.317. The highest BCUT2D eigenvalue weighted by atomic mass is 19.1. The molecule has 1 aromatic rings. The van der Waals surface area contributed by atoms with Crippen LogP contribution >= 0.6 is 0 Å². The summed E-state index contributed by atoms with van der Waals surface area (Å²) in [6.45, 7) is 5.20. The molecule has 112 valence electrons. The molecule has 0 spiro atoms. The number of benzene rings is 1. The molecule has 2 unspecified atom stereocenters. The molecule has 1 heterocycles. The SMILES string of the molecule is CNCC(Cc1ccccc1F)CC1CCC(C)(C)O1. The first kappa shape index (κ1) is 15.5. The Morgan fingerprint density at radius 2 is 2.15 bits per heavy atom. The zero-order valence-corrected chi connectivity index (χ0v) is 12.8. The van der Waals surface area contributed by atoms with Crippen LogP contribution in [0.4, 0.5) is 4.39 Å². The minimum atomic E-state index is -0.0960. The van der Waals surface area contributed by atoms with Crippen molar-refractivity contribution in [2.45, 2.75) is 51.2 Å². The zero-order chi connectivity index (χ0) is 14.6. The Kier molecular flexibility index (Phi) is 5.17. The maximum atomic E-state index is 13.8. The molecule has 0 radical (unpaired) electrons. The lowest BCUT2D eigenvalue weighted by atomic mass is 9.92. The minimum Gasteiger partial charge on any atom is -0.372 e. The minimum absolute atomic E-state index is 0.00680. The molecule has 1 saturated heterocycles. The highest BCUT2D eigenvalue weighted by molar-refractivity contribution is 5.18. The number of hydrogen-bond acceptors (Lipinski definition) is 2. The lowest BCUT2D eigenvalue weighted by Gasteiger charge is -2.23. The molecule has 0 saturated carbocycles. The van der Waals surface area contributed by atoms with Crippen molar-refractivity contribution < 1.29 is 9.13 Å². The van der Waals surface area contributed by atoms with Gasteiger partial charge in [0.25, 0.3) is 0 Å². The van der Waals surface area contributed by atoms with Crippen LogP contribution in [-0.2, 0) is 11.2 Å². The van der Waals surface area contributed by atoms with Gasteiger partial charge in [0.15, 0.2) is 0 Å². The standard InChI is InChI=1S/C17H26FNO/c1-17(2)9-8-15(20-17)11-13(12-19-3)10-14-6-4-5-7-16(14)18/h4-7,13,15,19H,8-12H2,1-3H3. The van der Waals surface area contributed by atoms with Crippen LogP contribution in [0.25, 0.3) is 0 Å². The number of ether oxygens (including phenoxy) is 1. The molecule has 3 heteroatoms. The Morgan fingerprint density at radius 1 is 1.40 bits per heavy atom. The third-order valence-electron chi connectivity index (χ3n) is 4.11. The first-order chi connectivity index (χ1) is 9.50. The van der Waals surface area contributed by atoms with Gasteiger partial charge in [0.2, 0.25) is 0 Å². The van der Waals surface area contributed by atoms with E-state index in [1.807, 2.05) is 19.2 Å². The molecule has 1 N–H and O–H groups in total. The Morgan fingerprint density at radius 3 is 2.75 bits per heavy atom. The first-order valence-corrected chi connectivity index (χ1v) is 7.56. The summed E-state index contributed by atoms with van der Waals surface area (Å²) < 4.78 is 19.8. The lowest BCUT2D eigenvalue weighted by Crippen LogP contribution is -2.27. The first-order valence-electron chi connectivity index (χ1n) is 7.56. The van der Waals surface area contributed by atoms with Gasteiger partial charge >= 0.3 is 0 Å². The molecular weight excluding hydrogens is 253 g/mol. The van der Waals surface area contributed by atoms with E-state index >= 15 is 0 Å². The lowest BCUT2D eigenvalue weighted by molar-refractivity contribution is -0.0244. The predicted octanol–water partition coefficient (Wildman–Crippen LogP) is 3.55. The third-order valence-corrected chi connectivity index (χ3v) is 4.11. The normalized spacial score (nSPS) is 22.9. The molecule has 1 fully saturated rings. The molecule has 2 atom stereocenters. The molecule has 0 aliphatic carbocycles. The summed E-state index contributed by atoms with van der Waals surface area (Å²) in [5, 5.41) is 3.22. The molecule has 20 heavy (non-hydrogen) atoms. The van der Waals surface area contributed by atoms with Crippen molar-refractivity contribution in [3.05, 3.63) is 35.6 Å². The van der Waals surface area contributed by atoms with Crippen LogP contribution in [-0.4, -0.2) is 25.3 Å². The maximum Gasteiger partial charge on any atom is 0.126 e. The van der Waals surface area contributed by atoms with Crippen molar-refractivity contribution >= 4 is 0 Å². The van der Waals surface area contributed by atoms with E-state index < -0.39 is 0 Å². The van der Waals surface area contributed by atoms with Crippen LogP contribution in [0.3, 0.4) is 0 Å². The van der Waals surface area contributed by atoms with Crippen LogP contribution in [0.15, 0.2) is 24.3 Å². The van der Waals surface area contributed by atoms with E-state index in [0.717, 1.165) is 37.8 Å². The number of halogens is 1. The smallest absolute Gasteiger partial charge is 0.126 e. The molecule has 0 amide bonds. The van der Waals surface area contributed by atoms with Crippen molar-refractivity contribution in [3.8, 4) is 0 Å². The monoisotopic (exact) mass is 279 g/mol. The molecule has 1 aromatic carbocycles. The van der Waals surface area contributed by atoms with Gasteiger partial charge in [0, 0.05) is 0 Å². The van der Waals surface area contributed by atoms with Crippen LogP contribution < -0.4 is 5.32 Å². The fraction of sp³-hybridized carbons (Fsp3) is 0.647. The fourth-order valence-electron chi connectivity index (χ4n) is 3.12. The fourth-order valence-corrected chi connectivity index (χ4v) is 3.12. The second-order valence-corrected chi connectivity index (χ2v) is 6.49. The van der Waals surface area contributed by atoms with Gasteiger partial charge in [-0.2, -0.15) is 0 Å². The van der Waals surface area contributed by atoms with Crippen molar-refractivity contribution in [1.29, 1.82) is 0 Å². The third kappa shape index (κ3) is 4.29. The van der Waals surface area contributed by atoms with Gasteiger partial charge in [0.05, 0.1) is 11.7 Å². The maximum absolute atomic E-state index is 13.8. The second-order valence-electron chi connectivity index (χ2n) is 6.49. The van der Waals surface area contributed by atoms with Gasteiger partial charge in [0.1, 0.15) is 5.82 Å². The number of hydrogen-bond donors (Lipinski definition) is 1. The van der Waals surface area contributed by atoms with Crippen molar-refractivity contribution in [2.75, 3.05) is 13.6 Å². The van der Waals surface area contributed by atoms with Gasteiger partial charge in [-0.15, -0.1) is 0 Å². The van der Waals surface area contributed by atoms with Crippen molar-refractivity contribution in [2.24, 2.45) is 5.92 Å². The predicted molar refractivity (Wildman–Crippen MR) is 80.3 cm³/mol. The molecule has 1 aliphatic heterocycles. The van der Waals surface area contributed by atoms with Crippen LogP contribution in [0, 0.1) is 11.7 Å². The highest BCUT2D eigenvalue weighted by Crippen LogP contribution is 2.33. The van der Waals surface area contributed by atoms with Crippen LogP contribution in [0.5, 0.6) is 0 Å². The molecular formula is C17H26FNO. The Balaban J connectivity index is 1.96. The Bertz CT molecular complexity index is 433. The van der Waals surface area contributed by atoms with E-state index in [0.29, 0.717) is 12.0 Å². The molecule has 2 rings (SSSR count). The van der Waals surface area contributed by atoms with Crippen LogP contribution in [0.1, 0.15) is 38.7 Å². The van der Waals surface area contributed by atoms with Gasteiger partial charge in [-0.3, -0.25) is 0 Å². The largest absolute Gasteiger partial charge is 0.372 e. The summed E-state index contributed by atoms with van der Waals surface area (Å²) in [6.07, 6.45) is 4.32. The Hall–Kier alpha value is -0.930. The summed E-state index contributed by atoms with van der Waals surface area (Å²) in [7, 11) is 1.95. The number of nitrogens with one attached hydrogen (secondary N) is 1. The van der Waals surface area contributed by atoms with Gasteiger partial charge in [-0.1, -0.05) is 18.2 Å². The molecule has 2 nitrogen and oxygen atoms in total. The van der Waals surface area contributed by atoms with E-state index in [2.05, 4.69) is 19.2 Å². The summed E-state index contributed by atoms with van der Waals surface area (Å²) in [5.41, 5.74) is 0.817. The average molecular weight is 279 g/mol. The van der Waals surface area contributed by atoms with Crippen molar-refractivity contribution in [1.82, 2.24) is 5.32 Å². The summed E-state index contributed by atoms with van der Waals surface area (Å²) >= 11 is 0. The molecule has 1 aliphatic rings. The quantitative estimate of drug-likeness (QED) is 0.860. The van der Waals surface area contributed by atoms with E-state index in [4.69, 9.17) is 4.74 Å². The van der Waals surface area contributed by atoms with E-state index in [1.165, 1.54) is 0 Å². The van der Waals surface area contributed by atoms with Gasteiger partial charge < -0.3 is 10.1 Å². The summed E-state index contributed by atoms with van der Waals surface area (Å²) in [6, 6.07) is 7.08. The molecule has 0 bridgehead atoms. The zero-order valence-electron chi connectivity index (χ0n) is 12.8. The average Bonchev–Trinajstić information content (AvgIpc) is 2.72. The number of rotatable bonds is 6. The van der Waals surface area contributed by atoms with Gasteiger partial charge in [-0.05, 0) is 70.7 Å². The van der Waals surface area contributed by atoms with E-state index in [9.17, 15) is 4.39 Å². The summed E-state index contributed by atoms with van der Waals surface area (Å²) in [4.78, 5) is 0. The van der Waals surface area contributed by atoms with Crippen LogP contribution in [0.2, 0.25) is 0 Å².